The van der Waals surface area contributed by atoms with E-state index in [9.17, 15) is 0 Å². The molecule has 0 radical (unpaired) electrons. The van der Waals surface area contributed by atoms with Crippen molar-refractivity contribution in [3.63, 3.8) is 0 Å². The second-order valence-electron chi connectivity index (χ2n) is 5.28. The van der Waals surface area contributed by atoms with Crippen LogP contribution in [0.2, 0.25) is 0 Å². The summed E-state index contributed by atoms with van der Waals surface area (Å²) in [4.78, 5) is 9.91. The van der Waals surface area contributed by atoms with Crippen LogP contribution in [0.1, 0.15) is 0 Å². The molecule has 24 heavy (non-hydrogen) atoms. The highest BCUT2D eigenvalue weighted by atomic mass is 32.1. The molecule has 4 rings (SSSR count). The molecule has 0 N–H and O–H groups in total. The lowest BCUT2D eigenvalue weighted by Crippen LogP contribution is -1.87. The predicted molar refractivity (Wildman–Crippen MR) is 94.9 cm³/mol. The fourth-order valence-electron chi connectivity index (χ4n) is 2.50. The number of benzene rings is 1. The Bertz CT molecular complexity index is 1010. The van der Waals surface area contributed by atoms with Gasteiger partial charge in [0, 0.05) is 37.8 Å². The van der Waals surface area contributed by atoms with Crippen LogP contribution in [0, 0.1) is 0 Å². The number of pyridine rings is 1. The molecule has 0 saturated carbocycles. The standard InChI is InChI=1S/C18H15N3O2S/c1-21-9-8-20-18(21)16-11-14-17(24-16)15(6-7-19-14)23-13-5-3-4-12(10-13)22-2/h3-11H,1-2H3. The van der Waals surface area contributed by atoms with Crippen LogP contribution in [0.3, 0.4) is 0 Å². The van der Waals surface area contributed by atoms with E-state index in [2.05, 4.69) is 9.97 Å². The number of fused-ring (bicyclic) bond motifs is 1. The third-order valence-corrected chi connectivity index (χ3v) is 4.82. The molecule has 3 heterocycles. The van der Waals surface area contributed by atoms with Gasteiger partial charge in [0.15, 0.2) is 0 Å². The largest absolute Gasteiger partial charge is 0.497 e. The van der Waals surface area contributed by atoms with Gasteiger partial charge in [0.05, 0.1) is 22.2 Å². The summed E-state index contributed by atoms with van der Waals surface area (Å²) in [6, 6.07) is 11.5. The van der Waals surface area contributed by atoms with Crippen molar-refractivity contribution < 1.29 is 9.47 Å². The van der Waals surface area contributed by atoms with Crippen LogP contribution >= 0.6 is 11.3 Å². The van der Waals surface area contributed by atoms with Gasteiger partial charge in [-0.3, -0.25) is 4.98 Å². The topological polar surface area (TPSA) is 49.2 Å². The van der Waals surface area contributed by atoms with E-state index in [1.165, 1.54) is 0 Å². The minimum absolute atomic E-state index is 0.730. The lowest BCUT2D eigenvalue weighted by atomic mass is 10.3. The molecule has 5 nitrogen and oxygen atoms in total. The van der Waals surface area contributed by atoms with Gasteiger partial charge in [-0.15, -0.1) is 11.3 Å². The van der Waals surface area contributed by atoms with E-state index in [4.69, 9.17) is 9.47 Å². The molecular weight excluding hydrogens is 322 g/mol. The number of hydrogen-bond acceptors (Lipinski definition) is 5. The molecule has 0 spiro atoms. The number of nitrogens with zero attached hydrogens (tertiary/aromatic N) is 3. The number of imidazole rings is 1. The van der Waals surface area contributed by atoms with Crippen molar-refractivity contribution in [2.24, 2.45) is 7.05 Å². The lowest BCUT2D eigenvalue weighted by molar-refractivity contribution is 0.409. The second kappa shape index (κ2) is 5.98. The Morgan fingerprint density at radius 1 is 1.04 bits per heavy atom. The van der Waals surface area contributed by atoms with Crippen LogP contribution in [-0.2, 0) is 7.05 Å². The minimum atomic E-state index is 0.730. The third kappa shape index (κ3) is 2.61. The van der Waals surface area contributed by atoms with Crippen LogP contribution in [0.5, 0.6) is 17.2 Å². The molecule has 0 amide bonds. The summed E-state index contributed by atoms with van der Waals surface area (Å²) in [5.74, 6) is 3.19. The SMILES string of the molecule is COc1cccc(Oc2ccnc3cc(-c4nccn4C)sc23)c1. The van der Waals surface area contributed by atoms with E-state index in [0.29, 0.717) is 0 Å². The summed E-state index contributed by atoms with van der Waals surface area (Å²) < 4.78 is 14.3. The molecule has 1 aromatic carbocycles. The molecule has 0 atom stereocenters. The zero-order valence-electron chi connectivity index (χ0n) is 13.3. The smallest absolute Gasteiger partial charge is 0.149 e. The number of methoxy groups -OCH3 is 1. The van der Waals surface area contributed by atoms with Gasteiger partial charge >= 0.3 is 0 Å². The molecule has 0 saturated heterocycles. The highest BCUT2D eigenvalue weighted by Crippen LogP contribution is 2.38. The quantitative estimate of drug-likeness (QED) is 0.550. The van der Waals surface area contributed by atoms with Gasteiger partial charge < -0.3 is 14.0 Å². The van der Waals surface area contributed by atoms with E-state index in [1.807, 2.05) is 54.2 Å². The number of ether oxygens (including phenoxy) is 2. The minimum Gasteiger partial charge on any atom is -0.497 e. The maximum Gasteiger partial charge on any atom is 0.149 e. The van der Waals surface area contributed by atoms with Gasteiger partial charge in [-0.1, -0.05) is 6.07 Å². The first-order chi connectivity index (χ1) is 11.7. The fraction of sp³-hybridized carbons (Fsp3) is 0.111. The molecule has 120 valence electrons. The Morgan fingerprint density at radius 3 is 2.71 bits per heavy atom. The highest BCUT2D eigenvalue weighted by molar-refractivity contribution is 7.22. The molecule has 4 aromatic rings. The van der Waals surface area contributed by atoms with Crippen molar-refractivity contribution >= 4 is 21.6 Å². The predicted octanol–water partition coefficient (Wildman–Crippen LogP) is 4.50. The molecule has 0 aliphatic rings. The summed E-state index contributed by atoms with van der Waals surface area (Å²) in [7, 11) is 3.62. The molecule has 6 heteroatoms. The van der Waals surface area contributed by atoms with Crippen LogP contribution in [0.15, 0.2) is 55.0 Å². The normalized spacial score (nSPS) is 10.9. The summed E-state index contributed by atoms with van der Waals surface area (Å²) >= 11 is 1.62. The summed E-state index contributed by atoms with van der Waals surface area (Å²) in [6.45, 7) is 0. The van der Waals surface area contributed by atoms with Crippen LogP contribution < -0.4 is 9.47 Å². The molecule has 0 fully saturated rings. The Hall–Kier alpha value is -2.86. The van der Waals surface area contributed by atoms with Gasteiger partial charge in [-0.2, -0.15) is 0 Å². The van der Waals surface area contributed by atoms with Gasteiger partial charge in [-0.25, -0.2) is 4.98 Å². The van der Waals surface area contributed by atoms with Gasteiger partial charge in [0.25, 0.3) is 0 Å². The first-order valence-electron chi connectivity index (χ1n) is 7.43. The molecule has 3 aromatic heterocycles. The lowest BCUT2D eigenvalue weighted by Gasteiger charge is -2.07. The van der Waals surface area contributed by atoms with Crippen molar-refractivity contribution in [3.05, 3.63) is 55.0 Å². The zero-order valence-corrected chi connectivity index (χ0v) is 14.1. The van der Waals surface area contributed by atoms with Crippen molar-refractivity contribution in [2.45, 2.75) is 0 Å². The molecule has 0 aliphatic heterocycles. The summed E-state index contributed by atoms with van der Waals surface area (Å²) in [5.41, 5.74) is 0.901. The summed E-state index contributed by atoms with van der Waals surface area (Å²) in [6.07, 6.45) is 5.48. The van der Waals surface area contributed by atoms with Crippen LogP contribution in [0.4, 0.5) is 0 Å². The van der Waals surface area contributed by atoms with Gasteiger partial charge in [-0.05, 0) is 18.2 Å². The van der Waals surface area contributed by atoms with Crippen molar-refractivity contribution in [1.29, 1.82) is 0 Å². The average molecular weight is 337 g/mol. The number of hydrogen-bond donors (Lipinski definition) is 0. The van der Waals surface area contributed by atoms with E-state index >= 15 is 0 Å². The monoisotopic (exact) mass is 337 g/mol. The molecular formula is C18H15N3O2S. The average Bonchev–Trinajstić information content (AvgIpc) is 3.21. The van der Waals surface area contributed by atoms with Crippen molar-refractivity contribution in [1.82, 2.24) is 14.5 Å². The number of rotatable bonds is 4. The van der Waals surface area contributed by atoms with Crippen LogP contribution in [-0.4, -0.2) is 21.6 Å². The maximum atomic E-state index is 6.06. The van der Waals surface area contributed by atoms with E-state index in [1.54, 1.807) is 30.8 Å². The van der Waals surface area contributed by atoms with E-state index in [0.717, 1.165) is 38.2 Å². The molecule has 0 unspecified atom stereocenters. The highest BCUT2D eigenvalue weighted by Gasteiger charge is 2.13. The van der Waals surface area contributed by atoms with E-state index < -0.39 is 0 Å². The Kier molecular flexibility index (Phi) is 3.66. The Balaban J connectivity index is 1.76. The van der Waals surface area contributed by atoms with Crippen molar-refractivity contribution in [3.8, 4) is 28.0 Å². The Labute approximate surface area is 143 Å². The maximum absolute atomic E-state index is 6.06. The first kappa shape index (κ1) is 14.7. The van der Waals surface area contributed by atoms with Crippen molar-refractivity contribution in [2.75, 3.05) is 7.11 Å². The number of aromatic nitrogens is 3. The Morgan fingerprint density at radius 2 is 1.92 bits per heavy atom. The second-order valence-corrected chi connectivity index (χ2v) is 6.33. The first-order valence-corrected chi connectivity index (χ1v) is 8.24. The number of thiophene rings is 1. The van der Waals surface area contributed by atoms with E-state index in [-0.39, 0.29) is 0 Å². The third-order valence-electron chi connectivity index (χ3n) is 3.69. The molecule has 0 bridgehead atoms. The summed E-state index contributed by atoms with van der Waals surface area (Å²) in [5, 5.41) is 0. The van der Waals surface area contributed by atoms with Gasteiger partial charge in [0.1, 0.15) is 23.1 Å². The van der Waals surface area contributed by atoms with Gasteiger partial charge in [0.2, 0.25) is 0 Å². The van der Waals surface area contributed by atoms with Crippen LogP contribution in [0.25, 0.3) is 20.9 Å². The number of aryl methyl sites for hydroxylation is 1. The zero-order chi connectivity index (χ0) is 16.5. The fourth-order valence-corrected chi connectivity index (χ4v) is 3.60. The molecule has 0 aliphatic carbocycles.